The van der Waals surface area contributed by atoms with Crippen molar-refractivity contribution in [3.8, 4) is 28.7 Å². The first kappa shape index (κ1) is 25.5. The van der Waals surface area contributed by atoms with Crippen LogP contribution in [-0.2, 0) is 4.74 Å². The Labute approximate surface area is 187 Å². The van der Waals surface area contributed by atoms with Crippen molar-refractivity contribution >= 4 is 0 Å². The molecule has 0 saturated heterocycles. The first-order chi connectivity index (χ1) is 15.4. The van der Waals surface area contributed by atoms with Crippen molar-refractivity contribution in [2.45, 2.75) is 31.7 Å². The third-order valence-electron chi connectivity index (χ3n) is 4.88. The van der Waals surface area contributed by atoms with Gasteiger partial charge in [0.15, 0.2) is 17.6 Å². The summed E-state index contributed by atoms with van der Waals surface area (Å²) in [7, 11) is 4.37. The Bertz CT molecular complexity index is 830. The van der Waals surface area contributed by atoms with Crippen LogP contribution >= 0.6 is 0 Å². The second-order valence-electron chi connectivity index (χ2n) is 6.96. The van der Waals surface area contributed by atoms with E-state index >= 15 is 0 Å². The lowest BCUT2D eigenvalue weighted by atomic mass is 10.0. The summed E-state index contributed by atoms with van der Waals surface area (Å²) in [5, 5.41) is 39.6. The summed E-state index contributed by atoms with van der Waals surface area (Å²) < 4.78 is 28.1. The van der Waals surface area contributed by atoms with Crippen molar-refractivity contribution < 1.29 is 44.1 Å². The number of aliphatic hydroxyl groups excluding tert-OH is 3. The number of ether oxygens (including phenoxy) is 5. The topological polar surface area (TPSA) is 127 Å². The van der Waals surface area contributed by atoms with Gasteiger partial charge in [0.05, 0.1) is 34.0 Å². The van der Waals surface area contributed by atoms with E-state index in [-0.39, 0.29) is 36.0 Å². The molecule has 0 aromatic heterocycles. The number of hydrogen-bond donors (Lipinski definition) is 4. The van der Waals surface area contributed by atoms with Crippen LogP contribution in [0.15, 0.2) is 30.3 Å². The second-order valence-corrected chi connectivity index (χ2v) is 6.96. The van der Waals surface area contributed by atoms with E-state index in [9.17, 15) is 15.3 Å². The fraction of sp³-hybridized carbons (Fsp3) is 0.478. The molecule has 0 radical (unpaired) electrons. The SMILES string of the molecule is CCO[C@@H](c1cc(O)cc(OC)c1)[C@@H](CO)Oc1c(OC)cc([C@@H](O)CCO)cc1OC. The van der Waals surface area contributed by atoms with Gasteiger partial charge in [0, 0.05) is 25.7 Å². The second kappa shape index (κ2) is 12.4. The minimum absolute atomic E-state index is 0.0156. The van der Waals surface area contributed by atoms with E-state index in [1.807, 2.05) is 0 Å². The van der Waals surface area contributed by atoms with E-state index in [1.165, 1.54) is 33.5 Å². The Balaban J connectivity index is 2.47. The minimum Gasteiger partial charge on any atom is -0.508 e. The van der Waals surface area contributed by atoms with Gasteiger partial charge in [0.2, 0.25) is 5.75 Å². The molecular weight excluding hydrogens is 420 g/mol. The van der Waals surface area contributed by atoms with Crippen LogP contribution in [0.4, 0.5) is 0 Å². The van der Waals surface area contributed by atoms with Gasteiger partial charge in [-0.1, -0.05) is 0 Å². The normalized spacial score (nSPS) is 13.8. The molecule has 32 heavy (non-hydrogen) atoms. The molecule has 9 nitrogen and oxygen atoms in total. The number of methoxy groups -OCH3 is 3. The Kier molecular flexibility index (Phi) is 9.86. The molecule has 0 fully saturated rings. The molecule has 3 atom stereocenters. The molecule has 0 aliphatic rings. The van der Waals surface area contributed by atoms with Crippen molar-refractivity contribution in [3.63, 3.8) is 0 Å². The van der Waals surface area contributed by atoms with Gasteiger partial charge in [-0.05, 0) is 42.3 Å². The van der Waals surface area contributed by atoms with Crippen molar-refractivity contribution in [2.24, 2.45) is 0 Å². The van der Waals surface area contributed by atoms with E-state index < -0.39 is 24.9 Å². The maximum absolute atomic E-state index is 10.3. The molecule has 0 aliphatic carbocycles. The first-order valence-electron chi connectivity index (χ1n) is 10.2. The van der Waals surface area contributed by atoms with Gasteiger partial charge in [0.25, 0.3) is 0 Å². The van der Waals surface area contributed by atoms with Gasteiger partial charge in [-0.3, -0.25) is 0 Å². The molecule has 0 saturated carbocycles. The van der Waals surface area contributed by atoms with Crippen molar-refractivity contribution in [3.05, 3.63) is 41.5 Å². The Morgan fingerprint density at radius 1 is 0.875 bits per heavy atom. The third kappa shape index (κ3) is 6.17. The zero-order valence-electron chi connectivity index (χ0n) is 18.8. The number of benzene rings is 2. The van der Waals surface area contributed by atoms with Gasteiger partial charge in [-0.2, -0.15) is 0 Å². The average molecular weight is 453 g/mol. The van der Waals surface area contributed by atoms with Crippen molar-refractivity contribution in [1.82, 2.24) is 0 Å². The smallest absolute Gasteiger partial charge is 0.204 e. The molecule has 4 N–H and O–H groups in total. The fourth-order valence-electron chi connectivity index (χ4n) is 3.33. The number of phenols is 1. The largest absolute Gasteiger partial charge is 0.508 e. The number of rotatable bonds is 13. The molecular formula is C23H32O9. The summed E-state index contributed by atoms with van der Waals surface area (Å²) in [4.78, 5) is 0. The molecule has 0 amide bonds. The van der Waals surface area contributed by atoms with Gasteiger partial charge in [0.1, 0.15) is 17.6 Å². The standard InChI is InChI=1S/C23H32O9/c1-5-31-22(15-8-16(26)12-17(9-15)28-2)21(13-25)32-23-19(29-3)10-14(11-20(23)30-4)18(27)6-7-24/h8-12,18,21-22,24-27H,5-7,13H2,1-4H3/t18-,21+,22-/m0/s1. The Hall–Kier alpha value is -2.72. The summed E-state index contributed by atoms with van der Waals surface area (Å²) in [6.07, 6.45) is -2.41. The molecule has 0 spiro atoms. The zero-order valence-corrected chi connectivity index (χ0v) is 18.8. The monoisotopic (exact) mass is 452 g/mol. The van der Waals surface area contributed by atoms with Crippen LogP contribution in [0.3, 0.4) is 0 Å². The lowest BCUT2D eigenvalue weighted by molar-refractivity contribution is -0.0453. The molecule has 2 aromatic carbocycles. The highest BCUT2D eigenvalue weighted by molar-refractivity contribution is 5.54. The van der Waals surface area contributed by atoms with Crippen LogP contribution < -0.4 is 18.9 Å². The van der Waals surface area contributed by atoms with Crippen molar-refractivity contribution in [1.29, 1.82) is 0 Å². The van der Waals surface area contributed by atoms with Crippen LogP contribution in [0, 0.1) is 0 Å². The van der Waals surface area contributed by atoms with Crippen LogP contribution in [0.5, 0.6) is 28.7 Å². The van der Waals surface area contributed by atoms with Crippen LogP contribution in [0.25, 0.3) is 0 Å². The predicted molar refractivity (Wildman–Crippen MR) is 117 cm³/mol. The summed E-state index contributed by atoms with van der Waals surface area (Å²) >= 11 is 0. The first-order valence-corrected chi connectivity index (χ1v) is 10.2. The maximum Gasteiger partial charge on any atom is 0.204 e. The maximum atomic E-state index is 10.3. The minimum atomic E-state index is -0.915. The lowest BCUT2D eigenvalue weighted by Gasteiger charge is -2.28. The number of hydrogen-bond acceptors (Lipinski definition) is 9. The van der Waals surface area contributed by atoms with Gasteiger partial charge < -0.3 is 44.1 Å². The quantitative estimate of drug-likeness (QED) is 0.362. The molecule has 0 unspecified atom stereocenters. The molecule has 0 heterocycles. The molecule has 2 aromatic rings. The van der Waals surface area contributed by atoms with Crippen molar-refractivity contribution in [2.75, 3.05) is 41.2 Å². The number of aromatic hydroxyl groups is 1. The zero-order chi connectivity index (χ0) is 23.7. The summed E-state index contributed by atoms with van der Waals surface area (Å²) in [5.41, 5.74) is 1.04. The third-order valence-corrected chi connectivity index (χ3v) is 4.88. The average Bonchev–Trinajstić information content (AvgIpc) is 2.80. The highest BCUT2D eigenvalue weighted by Gasteiger charge is 2.29. The highest BCUT2D eigenvalue weighted by atomic mass is 16.6. The number of aliphatic hydroxyl groups is 3. The van der Waals surface area contributed by atoms with Gasteiger partial charge in [-0.25, -0.2) is 0 Å². The van der Waals surface area contributed by atoms with E-state index in [2.05, 4.69) is 0 Å². The highest BCUT2D eigenvalue weighted by Crippen LogP contribution is 2.42. The van der Waals surface area contributed by atoms with E-state index in [0.717, 1.165) is 0 Å². The molecule has 0 aliphatic heterocycles. The fourth-order valence-corrected chi connectivity index (χ4v) is 3.33. The molecule has 2 rings (SSSR count). The van der Waals surface area contributed by atoms with Crippen LogP contribution in [0.2, 0.25) is 0 Å². The molecule has 9 heteroatoms. The van der Waals surface area contributed by atoms with Gasteiger partial charge in [-0.15, -0.1) is 0 Å². The predicted octanol–water partition coefficient (Wildman–Crippen LogP) is 2.35. The van der Waals surface area contributed by atoms with E-state index in [4.69, 9.17) is 28.8 Å². The van der Waals surface area contributed by atoms with Crippen LogP contribution in [0.1, 0.15) is 36.7 Å². The molecule has 0 bridgehead atoms. The van der Waals surface area contributed by atoms with E-state index in [0.29, 0.717) is 23.5 Å². The van der Waals surface area contributed by atoms with E-state index in [1.54, 1.807) is 25.1 Å². The summed E-state index contributed by atoms with van der Waals surface area (Å²) in [6.45, 7) is 1.53. The Morgan fingerprint density at radius 3 is 2.03 bits per heavy atom. The van der Waals surface area contributed by atoms with Crippen LogP contribution in [-0.4, -0.2) is 67.7 Å². The summed E-state index contributed by atoms with van der Waals surface area (Å²) in [5.74, 6) is 1.18. The lowest BCUT2D eigenvalue weighted by Crippen LogP contribution is -2.31. The summed E-state index contributed by atoms with van der Waals surface area (Å²) in [6, 6.07) is 7.83. The van der Waals surface area contributed by atoms with Gasteiger partial charge >= 0.3 is 0 Å². The molecule has 178 valence electrons. The Morgan fingerprint density at radius 2 is 1.53 bits per heavy atom. The number of phenolic OH excluding ortho intramolecular Hbond substituents is 1.